The normalized spacial score (nSPS) is 26.9. The first kappa shape index (κ1) is 15.3. The predicted molar refractivity (Wildman–Crippen MR) is 82.4 cm³/mol. The van der Waals surface area contributed by atoms with Crippen LogP contribution in [0.3, 0.4) is 0 Å². The second kappa shape index (κ2) is 7.09. The largest absolute Gasteiger partial charge is 0.487 e. The van der Waals surface area contributed by atoms with E-state index in [1.807, 2.05) is 20.0 Å². The molecule has 0 spiro atoms. The van der Waals surface area contributed by atoms with Crippen LogP contribution in [0.1, 0.15) is 45.1 Å². The standard InChI is InChI=1S/C17H27NO2/c1-5-12(3)13-9-7-8-10-15(13)20-16-11-14(18-4)17(16)19-6-2/h7-10,12,14,16-18H,5-6,11H2,1-4H3. The lowest BCUT2D eigenvalue weighted by molar-refractivity contribution is -0.103. The number of para-hydroxylation sites is 1. The van der Waals surface area contributed by atoms with E-state index in [4.69, 9.17) is 9.47 Å². The van der Waals surface area contributed by atoms with Crippen LogP contribution in [0.25, 0.3) is 0 Å². The van der Waals surface area contributed by atoms with Gasteiger partial charge in [0.1, 0.15) is 18.0 Å². The summed E-state index contributed by atoms with van der Waals surface area (Å²) in [4.78, 5) is 0. The SMILES string of the molecule is CCOC1C(NC)CC1Oc1ccccc1C(C)CC. The molecule has 3 nitrogen and oxygen atoms in total. The molecule has 1 aliphatic rings. The van der Waals surface area contributed by atoms with Gasteiger partial charge in [-0.2, -0.15) is 0 Å². The van der Waals surface area contributed by atoms with Gasteiger partial charge in [-0.1, -0.05) is 32.0 Å². The first-order valence-electron chi connectivity index (χ1n) is 7.75. The van der Waals surface area contributed by atoms with Crippen molar-refractivity contribution in [3.8, 4) is 5.75 Å². The summed E-state index contributed by atoms with van der Waals surface area (Å²) in [5.74, 6) is 1.54. The lowest BCUT2D eigenvalue weighted by atomic mass is 9.85. The molecule has 1 aromatic rings. The van der Waals surface area contributed by atoms with Crippen LogP contribution in [0.4, 0.5) is 0 Å². The molecule has 0 saturated heterocycles. The number of rotatable bonds is 7. The van der Waals surface area contributed by atoms with E-state index in [0.29, 0.717) is 12.0 Å². The van der Waals surface area contributed by atoms with Gasteiger partial charge in [0, 0.05) is 19.1 Å². The van der Waals surface area contributed by atoms with Crippen LogP contribution in [0.2, 0.25) is 0 Å². The molecule has 0 amide bonds. The molecule has 0 radical (unpaired) electrons. The maximum absolute atomic E-state index is 6.24. The molecule has 0 bridgehead atoms. The van der Waals surface area contributed by atoms with Gasteiger partial charge in [-0.25, -0.2) is 0 Å². The molecule has 4 atom stereocenters. The summed E-state index contributed by atoms with van der Waals surface area (Å²) in [6.07, 6.45) is 2.46. The molecule has 4 unspecified atom stereocenters. The minimum Gasteiger partial charge on any atom is -0.487 e. The second-order valence-corrected chi connectivity index (χ2v) is 5.55. The zero-order chi connectivity index (χ0) is 14.5. The van der Waals surface area contributed by atoms with Crippen LogP contribution in [0, 0.1) is 0 Å². The fourth-order valence-corrected chi connectivity index (χ4v) is 2.77. The van der Waals surface area contributed by atoms with Gasteiger partial charge in [0.2, 0.25) is 0 Å². The first-order valence-corrected chi connectivity index (χ1v) is 7.75. The average Bonchev–Trinajstić information content (AvgIpc) is 2.48. The van der Waals surface area contributed by atoms with Gasteiger partial charge in [-0.3, -0.25) is 0 Å². The highest BCUT2D eigenvalue weighted by Crippen LogP contribution is 2.34. The van der Waals surface area contributed by atoms with Crippen LogP contribution in [0.5, 0.6) is 5.75 Å². The molecule has 1 N–H and O–H groups in total. The summed E-state index contributed by atoms with van der Waals surface area (Å²) in [5, 5.41) is 3.30. The molecule has 0 aromatic heterocycles. The Hall–Kier alpha value is -1.06. The maximum Gasteiger partial charge on any atom is 0.128 e. The summed E-state index contributed by atoms with van der Waals surface area (Å²) >= 11 is 0. The third-order valence-electron chi connectivity index (χ3n) is 4.32. The molecule has 1 fully saturated rings. The Kier molecular flexibility index (Phi) is 5.44. The summed E-state index contributed by atoms with van der Waals surface area (Å²) in [6.45, 7) is 7.23. The lowest BCUT2D eigenvalue weighted by Crippen LogP contribution is -2.60. The maximum atomic E-state index is 6.24. The van der Waals surface area contributed by atoms with Crippen molar-refractivity contribution in [1.82, 2.24) is 5.32 Å². The topological polar surface area (TPSA) is 30.5 Å². The minimum absolute atomic E-state index is 0.162. The molecule has 1 aliphatic carbocycles. The molecule has 1 saturated carbocycles. The molecule has 20 heavy (non-hydrogen) atoms. The Bertz CT molecular complexity index is 421. The summed E-state index contributed by atoms with van der Waals surface area (Å²) in [6, 6.07) is 8.80. The van der Waals surface area contributed by atoms with Gasteiger partial charge >= 0.3 is 0 Å². The fourth-order valence-electron chi connectivity index (χ4n) is 2.77. The third kappa shape index (κ3) is 3.15. The van der Waals surface area contributed by atoms with E-state index in [1.54, 1.807) is 0 Å². The van der Waals surface area contributed by atoms with Crippen LogP contribution in [0.15, 0.2) is 24.3 Å². The number of ether oxygens (including phenoxy) is 2. The fraction of sp³-hybridized carbons (Fsp3) is 0.647. The number of hydrogen-bond acceptors (Lipinski definition) is 3. The van der Waals surface area contributed by atoms with Crippen molar-refractivity contribution in [2.75, 3.05) is 13.7 Å². The van der Waals surface area contributed by atoms with Crippen molar-refractivity contribution < 1.29 is 9.47 Å². The smallest absolute Gasteiger partial charge is 0.128 e. The van der Waals surface area contributed by atoms with E-state index in [9.17, 15) is 0 Å². The zero-order valence-electron chi connectivity index (χ0n) is 13.1. The minimum atomic E-state index is 0.162. The molecular weight excluding hydrogens is 250 g/mol. The van der Waals surface area contributed by atoms with E-state index in [1.165, 1.54) is 5.56 Å². The summed E-state index contributed by atoms with van der Waals surface area (Å²) in [7, 11) is 1.99. The Morgan fingerprint density at radius 2 is 2.05 bits per heavy atom. The van der Waals surface area contributed by atoms with Gasteiger partial charge in [0.25, 0.3) is 0 Å². The summed E-state index contributed by atoms with van der Waals surface area (Å²) < 4.78 is 12.0. The molecular formula is C17H27NO2. The first-order chi connectivity index (χ1) is 9.71. The highest BCUT2D eigenvalue weighted by atomic mass is 16.5. The van der Waals surface area contributed by atoms with E-state index in [0.717, 1.165) is 25.2 Å². The van der Waals surface area contributed by atoms with Gasteiger partial charge < -0.3 is 14.8 Å². The van der Waals surface area contributed by atoms with Crippen LogP contribution in [-0.4, -0.2) is 31.9 Å². The van der Waals surface area contributed by atoms with Gasteiger partial charge in [0.15, 0.2) is 0 Å². The zero-order valence-corrected chi connectivity index (χ0v) is 13.1. The van der Waals surface area contributed by atoms with Gasteiger partial charge in [0.05, 0.1) is 0 Å². The molecule has 2 rings (SSSR count). The second-order valence-electron chi connectivity index (χ2n) is 5.55. The van der Waals surface area contributed by atoms with Crippen LogP contribution in [-0.2, 0) is 4.74 Å². The monoisotopic (exact) mass is 277 g/mol. The Morgan fingerprint density at radius 3 is 2.70 bits per heavy atom. The average molecular weight is 277 g/mol. The van der Waals surface area contributed by atoms with E-state index >= 15 is 0 Å². The van der Waals surface area contributed by atoms with Crippen LogP contribution >= 0.6 is 0 Å². The predicted octanol–water partition coefficient (Wildman–Crippen LogP) is 3.34. The Morgan fingerprint density at radius 1 is 1.30 bits per heavy atom. The Balaban J connectivity index is 2.07. The van der Waals surface area contributed by atoms with Crippen molar-refractivity contribution in [2.24, 2.45) is 0 Å². The molecule has 0 heterocycles. The van der Waals surface area contributed by atoms with Crippen molar-refractivity contribution >= 4 is 0 Å². The number of nitrogens with one attached hydrogen (secondary N) is 1. The van der Waals surface area contributed by atoms with Crippen molar-refractivity contribution in [1.29, 1.82) is 0 Å². The van der Waals surface area contributed by atoms with Crippen molar-refractivity contribution in [3.63, 3.8) is 0 Å². The molecule has 0 aliphatic heterocycles. The van der Waals surface area contributed by atoms with E-state index < -0.39 is 0 Å². The third-order valence-corrected chi connectivity index (χ3v) is 4.32. The quantitative estimate of drug-likeness (QED) is 0.829. The van der Waals surface area contributed by atoms with E-state index in [-0.39, 0.29) is 12.2 Å². The van der Waals surface area contributed by atoms with Crippen LogP contribution < -0.4 is 10.1 Å². The van der Waals surface area contributed by atoms with Gasteiger partial charge in [-0.15, -0.1) is 0 Å². The van der Waals surface area contributed by atoms with Crippen molar-refractivity contribution in [3.05, 3.63) is 29.8 Å². The Labute approximate surface area is 122 Å². The lowest BCUT2D eigenvalue weighted by Gasteiger charge is -2.43. The number of hydrogen-bond donors (Lipinski definition) is 1. The molecule has 3 heteroatoms. The summed E-state index contributed by atoms with van der Waals surface area (Å²) in [5.41, 5.74) is 1.30. The molecule has 112 valence electrons. The van der Waals surface area contributed by atoms with Gasteiger partial charge in [-0.05, 0) is 37.9 Å². The number of benzene rings is 1. The highest BCUT2D eigenvalue weighted by molar-refractivity contribution is 5.36. The molecule has 1 aromatic carbocycles. The number of likely N-dealkylation sites (N-methyl/N-ethyl adjacent to an activating group) is 1. The highest BCUT2D eigenvalue weighted by Gasteiger charge is 2.43. The van der Waals surface area contributed by atoms with E-state index in [2.05, 4.69) is 37.4 Å². The van der Waals surface area contributed by atoms with Crippen molar-refractivity contribution in [2.45, 2.75) is 57.8 Å².